The van der Waals surface area contributed by atoms with Crippen LogP contribution in [0, 0.1) is 0 Å². The van der Waals surface area contributed by atoms with Gasteiger partial charge in [-0.1, -0.05) is 26.7 Å². The summed E-state index contributed by atoms with van der Waals surface area (Å²) in [6.45, 7) is 6.87. The van der Waals surface area contributed by atoms with Crippen LogP contribution in [0.25, 0.3) is 0 Å². The van der Waals surface area contributed by atoms with E-state index < -0.39 is 0 Å². The largest absolute Gasteiger partial charge is 0.394 e. The Morgan fingerprint density at radius 2 is 2.11 bits per heavy atom. The maximum atomic E-state index is 9.32. The van der Waals surface area contributed by atoms with Crippen LogP contribution in [0.15, 0.2) is 0 Å². The van der Waals surface area contributed by atoms with Crippen molar-refractivity contribution >= 4 is 0 Å². The molecule has 1 rings (SSSR count). The Bertz CT molecular complexity index is 215. The van der Waals surface area contributed by atoms with Gasteiger partial charge in [0.05, 0.1) is 6.61 Å². The molecule has 3 N–H and O–H groups in total. The van der Waals surface area contributed by atoms with Crippen molar-refractivity contribution in [3.8, 4) is 0 Å². The Morgan fingerprint density at radius 3 is 2.72 bits per heavy atom. The summed E-state index contributed by atoms with van der Waals surface area (Å²) in [5.41, 5.74) is 5.79. The first-order valence-corrected chi connectivity index (χ1v) is 7.79. The molecule has 0 aliphatic carbocycles. The zero-order valence-electron chi connectivity index (χ0n) is 12.3. The molecule has 1 aliphatic heterocycles. The quantitative estimate of drug-likeness (QED) is 0.701. The summed E-state index contributed by atoms with van der Waals surface area (Å²) in [7, 11) is 0. The molecule has 0 radical (unpaired) electrons. The Labute approximate surface area is 113 Å². The van der Waals surface area contributed by atoms with Gasteiger partial charge in [0.2, 0.25) is 0 Å². The van der Waals surface area contributed by atoms with Crippen molar-refractivity contribution in [2.75, 3.05) is 19.7 Å². The molecule has 2 unspecified atom stereocenters. The van der Waals surface area contributed by atoms with Crippen LogP contribution in [-0.4, -0.2) is 41.3 Å². The zero-order valence-corrected chi connectivity index (χ0v) is 12.3. The molecule has 0 aromatic heterocycles. The number of likely N-dealkylation sites (tertiary alicyclic amines) is 1. The minimum atomic E-state index is -0.351. The minimum Gasteiger partial charge on any atom is -0.394 e. The number of aliphatic hydroxyl groups is 1. The molecule has 1 saturated heterocycles. The minimum absolute atomic E-state index is 0.113. The van der Waals surface area contributed by atoms with E-state index in [1.165, 1.54) is 38.6 Å². The smallest absolute Gasteiger partial charge is 0.0611 e. The Balaban J connectivity index is 2.32. The van der Waals surface area contributed by atoms with Gasteiger partial charge in [0.25, 0.3) is 0 Å². The predicted octanol–water partition coefficient (Wildman–Crippen LogP) is 2.52. The van der Waals surface area contributed by atoms with E-state index >= 15 is 0 Å². The maximum Gasteiger partial charge on any atom is 0.0611 e. The highest BCUT2D eigenvalue weighted by Crippen LogP contribution is 2.22. The van der Waals surface area contributed by atoms with Crippen LogP contribution in [0.2, 0.25) is 0 Å². The van der Waals surface area contributed by atoms with Gasteiger partial charge < -0.3 is 15.7 Å². The van der Waals surface area contributed by atoms with Gasteiger partial charge >= 0.3 is 0 Å². The first kappa shape index (κ1) is 15.9. The van der Waals surface area contributed by atoms with E-state index in [1.807, 2.05) is 0 Å². The second-order valence-electron chi connectivity index (χ2n) is 5.95. The molecule has 1 heterocycles. The van der Waals surface area contributed by atoms with Gasteiger partial charge in [-0.3, -0.25) is 0 Å². The van der Waals surface area contributed by atoms with E-state index in [1.54, 1.807) is 0 Å². The molecule has 0 spiro atoms. The highest BCUT2D eigenvalue weighted by Gasteiger charge is 2.24. The first-order valence-electron chi connectivity index (χ1n) is 7.79. The third-order valence-corrected chi connectivity index (χ3v) is 4.51. The van der Waals surface area contributed by atoms with Crippen molar-refractivity contribution in [3.05, 3.63) is 0 Å². The topological polar surface area (TPSA) is 49.5 Å². The number of piperidine rings is 1. The van der Waals surface area contributed by atoms with E-state index in [0.29, 0.717) is 0 Å². The fourth-order valence-electron chi connectivity index (χ4n) is 3.02. The van der Waals surface area contributed by atoms with Crippen LogP contribution in [0.5, 0.6) is 0 Å². The predicted molar refractivity (Wildman–Crippen MR) is 77.6 cm³/mol. The molecule has 0 aromatic carbocycles. The third-order valence-electron chi connectivity index (χ3n) is 4.51. The van der Waals surface area contributed by atoms with Crippen molar-refractivity contribution in [1.82, 2.24) is 4.90 Å². The molecule has 18 heavy (non-hydrogen) atoms. The van der Waals surface area contributed by atoms with Gasteiger partial charge in [0, 0.05) is 11.6 Å². The van der Waals surface area contributed by atoms with E-state index in [-0.39, 0.29) is 12.1 Å². The van der Waals surface area contributed by atoms with E-state index in [4.69, 9.17) is 5.73 Å². The standard InChI is InChI=1S/C15H32N2O/c1-3-8-14-9-5-6-11-17(14)12-7-10-15(16,4-2)13-18/h14,18H,3-13,16H2,1-2H3. The van der Waals surface area contributed by atoms with Crippen molar-refractivity contribution in [2.45, 2.75) is 76.8 Å². The molecule has 3 heteroatoms. The fraction of sp³-hybridized carbons (Fsp3) is 1.00. The lowest BCUT2D eigenvalue weighted by molar-refractivity contribution is 0.125. The number of hydrogen-bond donors (Lipinski definition) is 2. The van der Waals surface area contributed by atoms with Gasteiger partial charge in [-0.25, -0.2) is 0 Å². The van der Waals surface area contributed by atoms with Crippen LogP contribution in [-0.2, 0) is 0 Å². The maximum absolute atomic E-state index is 9.32. The van der Waals surface area contributed by atoms with Crippen LogP contribution < -0.4 is 5.73 Å². The molecule has 2 atom stereocenters. The van der Waals surface area contributed by atoms with Crippen molar-refractivity contribution < 1.29 is 5.11 Å². The second kappa shape index (κ2) is 8.13. The SMILES string of the molecule is CCCC1CCCCN1CCCC(N)(CC)CO. The summed E-state index contributed by atoms with van der Waals surface area (Å²) in [4.78, 5) is 2.65. The average Bonchev–Trinajstić information content (AvgIpc) is 2.41. The lowest BCUT2D eigenvalue weighted by Crippen LogP contribution is -2.45. The molecule has 0 amide bonds. The highest BCUT2D eigenvalue weighted by atomic mass is 16.3. The highest BCUT2D eigenvalue weighted by molar-refractivity contribution is 4.83. The summed E-state index contributed by atoms with van der Waals surface area (Å²) < 4.78 is 0. The molecule has 0 bridgehead atoms. The van der Waals surface area contributed by atoms with Crippen molar-refractivity contribution in [1.29, 1.82) is 0 Å². The molecule has 0 saturated carbocycles. The number of rotatable bonds is 8. The van der Waals surface area contributed by atoms with Crippen LogP contribution in [0.4, 0.5) is 0 Å². The summed E-state index contributed by atoms with van der Waals surface area (Å²) >= 11 is 0. The number of hydrogen-bond acceptors (Lipinski definition) is 3. The Hall–Kier alpha value is -0.120. The number of nitrogens with two attached hydrogens (primary N) is 1. The van der Waals surface area contributed by atoms with Crippen LogP contribution >= 0.6 is 0 Å². The van der Waals surface area contributed by atoms with Gasteiger partial charge in [-0.05, 0) is 51.6 Å². The first-order chi connectivity index (χ1) is 8.65. The average molecular weight is 256 g/mol. The van der Waals surface area contributed by atoms with Crippen molar-refractivity contribution in [3.63, 3.8) is 0 Å². The number of aliphatic hydroxyl groups excluding tert-OH is 1. The molecule has 0 aromatic rings. The van der Waals surface area contributed by atoms with E-state index in [0.717, 1.165) is 31.8 Å². The zero-order chi connectivity index (χ0) is 13.4. The molecule has 1 aliphatic rings. The summed E-state index contributed by atoms with van der Waals surface area (Å²) in [6.07, 6.45) is 9.65. The number of nitrogens with zero attached hydrogens (tertiary/aromatic N) is 1. The molecule has 1 fully saturated rings. The summed E-state index contributed by atoms with van der Waals surface area (Å²) in [5, 5.41) is 9.32. The molecule has 108 valence electrons. The summed E-state index contributed by atoms with van der Waals surface area (Å²) in [6, 6.07) is 0.798. The normalized spacial score (nSPS) is 25.0. The fourth-order valence-corrected chi connectivity index (χ4v) is 3.02. The molecular weight excluding hydrogens is 224 g/mol. The van der Waals surface area contributed by atoms with E-state index in [9.17, 15) is 5.11 Å². The Morgan fingerprint density at radius 1 is 1.33 bits per heavy atom. The van der Waals surface area contributed by atoms with Gasteiger partial charge in [-0.2, -0.15) is 0 Å². The summed E-state index contributed by atoms with van der Waals surface area (Å²) in [5.74, 6) is 0. The molecule has 3 nitrogen and oxygen atoms in total. The van der Waals surface area contributed by atoms with E-state index in [2.05, 4.69) is 18.7 Å². The monoisotopic (exact) mass is 256 g/mol. The second-order valence-corrected chi connectivity index (χ2v) is 5.95. The van der Waals surface area contributed by atoms with Gasteiger partial charge in [0.15, 0.2) is 0 Å². The van der Waals surface area contributed by atoms with Crippen LogP contribution in [0.1, 0.15) is 65.2 Å². The molecular formula is C15H32N2O. The third kappa shape index (κ3) is 4.87. The Kier molecular flexibility index (Phi) is 7.20. The van der Waals surface area contributed by atoms with Crippen LogP contribution in [0.3, 0.4) is 0 Å². The lowest BCUT2D eigenvalue weighted by Gasteiger charge is -2.36. The van der Waals surface area contributed by atoms with Gasteiger partial charge in [-0.15, -0.1) is 0 Å². The van der Waals surface area contributed by atoms with Crippen molar-refractivity contribution in [2.24, 2.45) is 5.73 Å². The van der Waals surface area contributed by atoms with Gasteiger partial charge in [0.1, 0.15) is 0 Å². The lowest BCUT2D eigenvalue weighted by atomic mass is 9.91.